The van der Waals surface area contributed by atoms with Gasteiger partial charge in [-0.2, -0.15) is 0 Å². The van der Waals surface area contributed by atoms with E-state index in [1.54, 1.807) is 62.4 Å². The Kier molecular flexibility index (Phi) is 24.7. The molecule has 3 aliphatic rings. The quantitative estimate of drug-likeness (QED) is 0.0125. The van der Waals surface area contributed by atoms with Crippen LogP contribution in [0, 0.1) is 47.0 Å². The fourth-order valence-corrected chi connectivity index (χ4v) is 11.3. The van der Waals surface area contributed by atoms with Gasteiger partial charge in [0.05, 0.1) is 96.2 Å². The average molecular weight is 1160 g/mol. The van der Waals surface area contributed by atoms with Gasteiger partial charge in [0.15, 0.2) is 0 Å². The zero-order valence-electron chi connectivity index (χ0n) is 45.9. The second-order valence-electron chi connectivity index (χ2n) is 20.4. The maximum absolute atomic E-state index is 13.7. The third-order valence-electron chi connectivity index (χ3n) is 13.5. The van der Waals surface area contributed by atoms with Crippen LogP contribution in [0.25, 0.3) is 4.85 Å². The molecular formula is C61H66N2O17S2. The number of hydrogen-bond acceptors (Lipinski definition) is 20. The molecule has 434 valence electrons. The molecule has 0 atom stereocenters. The van der Waals surface area contributed by atoms with Gasteiger partial charge in [0.2, 0.25) is 0 Å². The van der Waals surface area contributed by atoms with Gasteiger partial charge in [-0.1, -0.05) is 62.7 Å². The molecule has 1 heterocycles. The molecule has 2 fully saturated rings. The predicted molar refractivity (Wildman–Crippen MR) is 299 cm³/mol. The molecule has 0 unspecified atom stereocenters. The van der Waals surface area contributed by atoms with Crippen LogP contribution in [0.5, 0.6) is 28.7 Å². The molecule has 82 heavy (non-hydrogen) atoms. The largest absolute Gasteiger partial charge is 0.494 e. The van der Waals surface area contributed by atoms with Crippen LogP contribution in [0.3, 0.4) is 0 Å². The number of nitriles is 1. The van der Waals surface area contributed by atoms with Crippen LogP contribution in [0.1, 0.15) is 109 Å². The van der Waals surface area contributed by atoms with Crippen molar-refractivity contribution in [3.63, 3.8) is 0 Å². The lowest BCUT2D eigenvalue weighted by Gasteiger charge is -2.26. The third-order valence-corrected chi connectivity index (χ3v) is 16.1. The Balaban J connectivity index is 0.904. The van der Waals surface area contributed by atoms with Crippen molar-refractivity contribution in [2.75, 3.05) is 33.0 Å². The van der Waals surface area contributed by atoms with Crippen molar-refractivity contribution in [2.24, 2.45) is 29.1 Å². The Hall–Kier alpha value is -7.88. The molecule has 19 nitrogen and oxygen atoms in total. The zero-order chi connectivity index (χ0) is 59.0. The number of fused-ring (bicyclic) bond motifs is 1. The SMILES string of the molecule is [C-]#[N+]/C(C#N)=C1\Sc2c(OC(=O)C3CCC(C(=O)Oc4ccc(CCOC(=O)CCC(=O)OCC(C)(C)COC(=O)C=C)cc4)CC3)ccc(OC(=O)C3CCC(C(=O)Oc4ccc(OCCCCCCOC(=O)C=C)cc4)CC3)c2S1. The van der Waals surface area contributed by atoms with Crippen LogP contribution < -0.4 is 23.7 Å². The van der Waals surface area contributed by atoms with Gasteiger partial charge >= 0.3 is 47.8 Å². The Bertz CT molecular complexity index is 2910. The molecule has 0 aromatic heterocycles. The van der Waals surface area contributed by atoms with Gasteiger partial charge < -0.3 is 42.6 Å². The van der Waals surface area contributed by atoms with Crippen molar-refractivity contribution in [3.8, 4) is 34.8 Å². The monoisotopic (exact) mass is 1160 g/mol. The minimum Gasteiger partial charge on any atom is -0.494 e. The summed E-state index contributed by atoms with van der Waals surface area (Å²) in [6.07, 6.45) is 8.70. The van der Waals surface area contributed by atoms with E-state index in [2.05, 4.69) is 18.0 Å². The molecule has 0 bridgehead atoms. The van der Waals surface area contributed by atoms with E-state index in [0.717, 1.165) is 66.9 Å². The highest BCUT2D eigenvalue weighted by Crippen LogP contribution is 2.59. The molecule has 0 amide bonds. The van der Waals surface area contributed by atoms with Crippen molar-refractivity contribution in [2.45, 2.75) is 120 Å². The van der Waals surface area contributed by atoms with Gasteiger partial charge in [-0.15, -0.1) is 0 Å². The van der Waals surface area contributed by atoms with E-state index in [1.807, 2.05) is 6.07 Å². The van der Waals surface area contributed by atoms with Gasteiger partial charge in [-0.05, 0) is 131 Å². The van der Waals surface area contributed by atoms with Gasteiger partial charge in [0.25, 0.3) is 5.70 Å². The first-order valence-corrected chi connectivity index (χ1v) is 28.7. The zero-order valence-corrected chi connectivity index (χ0v) is 47.6. The number of unbranched alkanes of at least 4 members (excludes halogenated alkanes) is 3. The van der Waals surface area contributed by atoms with Gasteiger partial charge in [-0.25, -0.2) is 19.7 Å². The third kappa shape index (κ3) is 20.0. The summed E-state index contributed by atoms with van der Waals surface area (Å²) in [6, 6.07) is 18.5. The number of hydrogen-bond donors (Lipinski definition) is 0. The van der Waals surface area contributed by atoms with Gasteiger partial charge in [-0.3, -0.25) is 28.8 Å². The molecule has 21 heteroatoms. The number of benzene rings is 3. The highest BCUT2D eigenvalue weighted by Gasteiger charge is 2.37. The molecule has 0 saturated heterocycles. The van der Waals surface area contributed by atoms with Crippen molar-refractivity contribution in [1.29, 1.82) is 5.26 Å². The molecule has 3 aromatic carbocycles. The summed E-state index contributed by atoms with van der Waals surface area (Å²) in [7, 11) is 0. The first-order chi connectivity index (χ1) is 39.5. The molecule has 3 aromatic rings. The van der Waals surface area contributed by atoms with Crippen LogP contribution >= 0.6 is 23.5 Å². The Morgan fingerprint density at radius 1 is 0.573 bits per heavy atom. The minimum atomic E-state index is -0.625. The smallest absolute Gasteiger partial charge is 0.330 e. The number of esters is 8. The number of rotatable bonds is 28. The van der Waals surface area contributed by atoms with Gasteiger partial charge in [0.1, 0.15) is 28.7 Å². The topological polar surface area (TPSA) is 248 Å². The minimum absolute atomic E-state index is 0.00694. The molecule has 1 aliphatic heterocycles. The highest BCUT2D eigenvalue weighted by atomic mass is 32.2. The number of allylic oxidation sites excluding steroid dienone is 1. The summed E-state index contributed by atoms with van der Waals surface area (Å²) in [5.41, 5.74) is 0.0269. The highest BCUT2D eigenvalue weighted by molar-refractivity contribution is 8.24. The molecule has 0 N–H and O–H groups in total. The summed E-state index contributed by atoms with van der Waals surface area (Å²) < 4.78 is 49.9. The molecule has 0 radical (unpaired) electrons. The predicted octanol–water partition coefficient (Wildman–Crippen LogP) is 11.0. The van der Waals surface area contributed by atoms with Crippen molar-refractivity contribution >= 4 is 71.3 Å². The van der Waals surface area contributed by atoms with Crippen molar-refractivity contribution < 1.29 is 81.0 Å². The number of thioether (sulfide) groups is 2. The van der Waals surface area contributed by atoms with E-state index in [4.69, 9.17) is 49.2 Å². The normalized spacial score (nSPS) is 17.9. The Labute approximate surface area is 485 Å². The lowest BCUT2D eigenvalue weighted by Crippen LogP contribution is -2.30. The first-order valence-electron chi connectivity index (χ1n) is 27.1. The average Bonchev–Trinajstić information content (AvgIpc) is 4.19. The van der Waals surface area contributed by atoms with E-state index in [9.17, 15) is 43.6 Å². The van der Waals surface area contributed by atoms with E-state index < -0.39 is 76.8 Å². The summed E-state index contributed by atoms with van der Waals surface area (Å²) in [4.78, 5) is 105. The Morgan fingerprint density at radius 2 is 1.00 bits per heavy atom. The molecule has 6 rings (SSSR count). The lowest BCUT2D eigenvalue weighted by molar-refractivity contribution is -0.154. The van der Waals surface area contributed by atoms with Crippen LogP contribution in [-0.2, 0) is 63.7 Å². The Morgan fingerprint density at radius 3 is 1.48 bits per heavy atom. The number of carbonyl (C=O) groups excluding carboxylic acids is 8. The first kappa shape index (κ1) is 63.3. The summed E-state index contributed by atoms with van der Waals surface area (Å²) in [5, 5.41) is 9.70. The van der Waals surface area contributed by atoms with E-state index >= 15 is 0 Å². The van der Waals surface area contributed by atoms with Gasteiger partial charge in [0, 0.05) is 24.0 Å². The number of carbonyl (C=O) groups is 8. The maximum atomic E-state index is 13.7. The standard InChI is InChI=1S/C61H66N2O17S2/c1-6-50(64)73-34-11-9-8-10-33-72-44-24-26-46(27-25-44)78-57(69)41-16-20-43(21-17-41)59(71)80-49-29-28-48(54-55(49)82-60(81-54)47(36-62)63-5)79-58(70)42-18-14-40(15-19-42)56(68)77-45-22-12-39(13-23-45)32-35-74-52(66)30-31-53(67)76-38-61(3,4)37-75-51(65)7-2/h6-7,12-13,22-29,40-43H,1-2,8-11,14-21,30-35,37-38H2,3-4H3/b60-47+. The summed E-state index contributed by atoms with van der Waals surface area (Å²) in [5.74, 6) is -4.19. The van der Waals surface area contributed by atoms with Crippen LogP contribution in [0.4, 0.5) is 0 Å². The lowest BCUT2D eigenvalue weighted by atomic mass is 9.82. The van der Waals surface area contributed by atoms with Crippen LogP contribution in [0.2, 0.25) is 0 Å². The van der Waals surface area contributed by atoms with Crippen LogP contribution in [0.15, 0.2) is 106 Å². The summed E-state index contributed by atoms with van der Waals surface area (Å²) in [6.45, 7) is 18.7. The summed E-state index contributed by atoms with van der Waals surface area (Å²) >= 11 is 2.15. The maximum Gasteiger partial charge on any atom is 0.330 e. The second-order valence-corrected chi connectivity index (χ2v) is 22.7. The number of ether oxygens (including phenoxy) is 9. The van der Waals surface area contributed by atoms with E-state index in [0.29, 0.717) is 102 Å². The molecule has 0 spiro atoms. The number of nitrogens with zero attached hydrogens (tertiary/aromatic N) is 2. The fraction of sp³-hybridized carbons (Fsp3) is 0.443. The molecule has 2 aliphatic carbocycles. The molecular weight excluding hydrogens is 1100 g/mol. The fourth-order valence-electron chi connectivity index (χ4n) is 8.79. The molecule has 2 saturated carbocycles. The van der Waals surface area contributed by atoms with E-state index in [-0.39, 0.29) is 49.9 Å². The van der Waals surface area contributed by atoms with Crippen LogP contribution in [-0.4, -0.2) is 80.8 Å². The van der Waals surface area contributed by atoms with Crippen molar-refractivity contribution in [3.05, 3.63) is 113 Å². The van der Waals surface area contributed by atoms with E-state index in [1.165, 1.54) is 12.1 Å². The van der Waals surface area contributed by atoms with Crippen molar-refractivity contribution in [1.82, 2.24) is 0 Å². The second kappa shape index (κ2) is 31.9.